The molecule has 2 aromatic heterocycles. The Hall–Kier alpha value is -3.36. The van der Waals surface area contributed by atoms with Gasteiger partial charge in [-0.3, -0.25) is 4.79 Å². The molecular weight excluding hydrogens is 438 g/mol. The van der Waals surface area contributed by atoms with Crippen LogP contribution in [-0.4, -0.2) is 29.2 Å². The van der Waals surface area contributed by atoms with E-state index in [1.165, 1.54) is 25.6 Å². The van der Waals surface area contributed by atoms with Crippen LogP contribution in [0.5, 0.6) is 17.2 Å². The summed E-state index contributed by atoms with van der Waals surface area (Å²) >= 11 is 7.98. The van der Waals surface area contributed by atoms with Crippen molar-refractivity contribution in [1.29, 1.82) is 0 Å². The van der Waals surface area contributed by atoms with Gasteiger partial charge >= 0.3 is 0 Å². The number of hydrogen-bond donors (Lipinski definition) is 1. The smallest absolute Gasteiger partial charge is 0.259 e. The molecule has 0 spiro atoms. The second kappa shape index (κ2) is 9.20. The number of methoxy groups -OCH3 is 2. The molecule has 0 amide bonds. The molecule has 0 bridgehead atoms. The van der Waals surface area contributed by atoms with Crippen molar-refractivity contribution >= 4 is 44.9 Å². The highest BCUT2D eigenvalue weighted by atomic mass is 35.5. The van der Waals surface area contributed by atoms with E-state index in [2.05, 4.69) is 15.0 Å². The highest BCUT2D eigenvalue weighted by molar-refractivity contribution is 7.07. The number of nitrogens with zero attached hydrogens (tertiary/aromatic N) is 2. The first-order chi connectivity index (χ1) is 15.1. The highest BCUT2D eigenvalue weighted by Gasteiger charge is 2.12. The molecule has 0 unspecified atom stereocenters. The summed E-state index contributed by atoms with van der Waals surface area (Å²) in [7, 11) is 3.03. The number of halogens is 1. The van der Waals surface area contributed by atoms with E-state index >= 15 is 0 Å². The van der Waals surface area contributed by atoms with Crippen LogP contribution in [0.4, 0.5) is 0 Å². The summed E-state index contributed by atoms with van der Waals surface area (Å²) in [6.07, 6.45) is 1.72. The van der Waals surface area contributed by atoms with Crippen LogP contribution in [-0.2, 0) is 6.61 Å². The Bertz CT molecular complexity index is 1280. The number of nitrogens with one attached hydrogen (secondary N) is 1. The molecule has 0 atom stereocenters. The minimum atomic E-state index is -0.321. The van der Waals surface area contributed by atoms with Crippen LogP contribution in [0.2, 0.25) is 0 Å². The molecule has 1 N–H and O–H groups in total. The van der Waals surface area contributed by atoms with Crippen molar-refractivity contribution in [3.63, 3.8) is 0 Å². The highest BCUT2D eigenvalue weighted by Crippen LogP contribution is 2.30. The van der Waals surface area contributed by atoms with Crippen molar-refractivity contribution in [3.05, 3.63) is 74.7 Å². The molecule has 0 aliphatic carbocycles. The van der Waals surface area contributed by atoms with Gasteiger partial charge in [0.05, 0.1) is 41.4 Å². The Morgan fingerprint density at radius 1 is 1.16 bits per heavy atom. The lowest BCUT2D eigenvalue weighted by Crippen LogP contribution is -2.11. The fraction of sp³-hybridized carbons (Fsp3) is 0.136. The van der Waals surface area contributed by atoms with Crippen LogP contribution in [0.3, 0.4) is 0 Å². The molecule has 31 heavy (non-hydrogen) atoms. The van der Waals surface area contributed by atoms with Crippen LogP contribution < -0.4 is 19.8 Å². The van der Waals surface area contributed by atoms with Gasteiger partial charge in [0, 0.05) is 11.4 Å². The Morgan fingerprint density at radius 3 is 2.58 bits per heavy atom. The Morgan fingerprint density at radius 2 is 1.90 bits per heavy atom. The minimum absolute atomic E-state index is 0.259. The van der Waals surface area contributed by atoms with Crippen LogP contribution in [0, 0.1) is 0 Å². The van der Waals surface area contributed by atoms with Crippen molar-refractivity contribution in [1.82, 2.24) is 15.0 Å². The number of aromatic nitrogens is 3. The molecule has 9 heteroatoms. The Labute approximate surface area is 186 Å². The second-order valence-corrected chi connectivity index (χ2v) is 7.59. The third kappa shape index (κ3) is 4.70. The fourth-order valence-corrected chi connectivity index (χ4v) is 3.68. The van der Waals surface area contributed by atoms with Gasteiger partial charge in [0.2, 0.25) is 0 Å². The molecule has 2 aromatic carbocycles. The van der Waals surface area contributed by atoms with E-state index in [9.17, 15) is 4.79 Å². The number of rotatable bonds is 7. The quantitative estimate of drug-likeness (QED) is 0.434. The molecule has 0 radical (unpaired) electrons. The predicted octanol–water partition coefficient (Wildman–Crippen LogP) is 4.71. The molecule has 158 valence electrons. The van der Waals surface area contributed by atoms with Crippen LogP contribution in [0.1, 0.15) is 17.1 Å². The average Bonchev–Trinajstić information content (AvgIpc) is 3.31. The number of thiazole rings is 1. The SMILES string of the molecule is COc1cc2nc(/C(Cl)=C/c3ccc(OCc4cscn4)cc3)[nH]c(=O)c2cc1OC. The van der Waals surface area contributed by atoms with Crippen molar-refractivity contribution in [2.24, 2.45) is 0 Å². The fourth-order valence-electron chi connectivity index (χ4n) is 2.92. The number of ether oxygens (including phenoxy) is 3. The number of H-pyrrole nitrogens is 1. The van der Waals surface area contributed by atoms with Gasteiger partial charge in [0.1, 0.15) is 12.4 Å². The standard InChI is InChI=1S/C22H18ClN3O4S/c1-28-19-8-16-18(9-20(19)29-2)25-21(26-22(16)27)17(23)7-13-3-5-15(6-4-13)30-10-14-11-31-12-24-14/h3-9,11-12H,10H2,1-2H3,(H,25,26,27)/b17-7-. The summed E-state index contributed by atoms with van der Waals surface area (Å²) in [5.41, 5.74) is 3.62. The van der Waals surface area contributed by atoms with Crippen LogP contribution in [0.25, 0.3) is 22.0 Å². The molecule has 2 heterocycles. The van der Waals surface area contributed by atoms with Crippen molar-refractivity contribution in [3.8, 4) is 17.2 Å². The molecule has 7 nitrogen and oxygen atoms in total. The summed E-state index contributed by atoms with van der Waals surface area (Å²) in [6, 6.07) is 10.7. The summed E-state index contributed by atoms with van der Waals surface area (Å²) in [5.74, 6) is 1.91. The first-order valence-corrected chi connectivity index (χ1v) is 10.5. The van der Waals surface area contributed by atoms with E-state index in [-0.39, 0.29) is 11.4 Å². The number of aromatic amines is 1. The monoisotopic (exact) mass is 455 g/mol. The van der Waals surface area contributed by atoms with E-state index in [4.69, 9.17) is 25.8 Å². The maximum atomic E-state index is 12.5. The first-order valence-electron chi connectivity index (χ1n) is 9.21. The predicted molar refractivity (Wildman–Crippen MR) is 122 cm³/mol. The van der Waals surface area contributed by atoms with Crippen molar-refractivity contribution in [2.75, 3.05) is 14.2 Å². The molecule has 0 aliphatic heterocycles. The topological polar surface area (TPSA) is 86.3 Å². The zero-order valence-electron chi connectivity index (χ0n) is 16.7. The van der Waals surface area contributed by atoms with Gasteiger partial charge in [-0.25, -0.2) is 9.97 Å². The summed E-state index contributed by atoms with van der Waals surface area (Å²) in [5, 5.41) is 2.62. The second-order valence-electron chi connectivity index (χ2n) is 6.47. The lowest BCUT2D eigenvalue weighted by atomic mass is 10.2. The van der Waals surface area contributed by atoms with Gasteiger partial charge in [-0.1, -0.05) is 23.7 Å². The maximum absolute atomic E-state index is 12.5. The lowest BCUT2D eigenvalue weighted by Gasteiger charge is -2.09. The first kappa shape index (κ1) is 20.9. The van der Waals surface area contributed by atoms with E-state index in [1.54, 1.807) is 23.7 Å². The number of hydrogen-bond acceptors (Lipinski definition) is 7. The zero-order chi connectivity index (χ0) is 21.8. The van der Waals surface area contributed by atoms with Crippen LogP contribution >= 0.6 is 22.9 Å². The third-order valence-corrected chi connectivity index (χ3v) is 5.40. The van der Waals surface area contributed by atoms with Gasteiger partial charge in [-0.15, -0.1) is 11.3 Å². The number of fused-ring (bicyclic) bond motifs is 1. The summed E-state index contributed by atoms with van der Waals surface area (Å²) in [4.78, 5) is 23.9. The molecule has 0 aliphatic rings. The van der Waals surface area contributed by atoms with E-state index < -0.39 is 0 Å². The summed E-state index contributed by atoms with van der Waals surface area (Å²) in [6.45, 7) is 0.413. The van der Waals surface area contributed by atoms with Crippen LogP contribution in [0.15, 0.2) is 52.1 Å². The minimum Gasteiger partial charge on any atom is -0.493 e. The van der Waals surface area contributed by atoms with Gasteiger partial charge in [-0.05, 0) is 29.8 Å². The third-order valence-electron chi connectivity index (χ3n) is 4.48. The van der Waals surface area contributed by atoms with Crippen molar-refractivity contribution < 1.29 is 14.2 Å². The molecule has 0 saturated carbocycles. The van der Waals surface area contributed by atoms with E-state index in [0.717, 1.165) is 17.0 Å². The average molecular weight is 456 g/mol. The normalized spacial score (nSPS) is 11.5. The summed E-state index contributed by atoms with van der Waals surface area (Å²) < 4.78 is 16.3. The van der Waals surface area contributed by atoms with Gasteiger partial charge in [-0.2, -0.15) is 0 Å². The molecule has 4 aromatic rings. The molecule has 4 rings (SSSR count). The van der Waals surface area contributed by atoms with E-state index in [0.29, 0.717) is 34.0 Å². The van der Waals surface area contributed by atoms with Crippen molar-refractivity contribution in [2.45, 2.75) is 6.61 Å². The van der Waals surface area contributed by atoms with Gasteiger partial charge in [0.15, 0.2) is 17.3 Å². The largest absolute Gasteiger partial charge is 0.493 e. The molecule has 0 saturated heterocycles. The number of benzene rings is 2. The maximum Gasteiger partial charge on any atom is 0.259 e. The van der Waals surface area contributed by atoms with Gasteiger partial charge < -0.3 is 19.2 Å². The lowest BCUT2D eigenvalue weighted by molar-refractivity contribution is 0.302. The molecular formula is C22H18ClN3O4S. The van der Waals surface area contributed by atoms with E-state index in [1.807, 2.05) is 29.6 Å². The zero-order valence-corrected chi connectivity index (χ0v) is 18.3. The Balaban J connectivity index is 1.58. The molecule has 0 fully saturated rings. The van der Waals surface area contributed by atoms with Gasteiger partial charge in [0.25, 0.3) is 5.56 Å². The Kier molecular flexibility index (Phi) is 6.20.